The van der Waals surface area contributed by atoms with Crippen molar-refractivity contribution >= 4 is 29.0 Å². The van der Waals surface area contributed by atoms with Crippen molar-refractivity contribution in [2.24, 2.45) is 0 Å². The number of pyridine rings is 1. The van der Waals surface area contributed by atoms with Crippen LogP contribution in [0.1, 0.15) is 0 Å². The summed E-state index contributed by atoms with van der Waals surface area (Å²) in [7, 11) is 0. The maximum absolute atomic E-state index is 12.9. The largest absolute Gasteiger partial charge is 0.364 e. The van der Waals surface area contributed by atoms with Crippen molar-refractivity contribution in [1.82, 2.24) is 4.98 Å². The molecule has 0 aliphatic rings. The van der Waals surface area contributed by atoms with Crippen molar-refractivity contribution in [3.05, 3.63) is 34.2 Å². The fourth-order valence-corrected chi connectivity index (χ4v) is 0.947. The van der Waals surface area contributed by atoms with Gasteiger partial charge in [0.1, 0.15) is 4.49 Å². The van der Waals surface area contributed by atoms with Crippen molar-refractivity contribution in [2.75, 3.05) is 11.9 Å². The van der Waals surface area contributed by atoms with E-state index in [2.05, 4.69) is 10.3 Å². The number of hydrogen-bond donors (Lipinski definition) is 1. The molecular formula is C8H5Cl2F3N2. The molecule has 0 radical (unpaired) electrons. The fraction of sp³-hybridized carbons (Fsp3) is 0.125. The summed E-state index contributed by atoms with van der Waals surface area (Å²) in [6.45, 7) is 0.0529. The molecule has 0 saturated heterocycles. The van der Waals surface area contributed by atoms with Crippen LogP contribution in [0.25, 0.3) is 0 Å². The Hall–Kier alpha value is -0.940. The number of aromatic nitrogens is 1. The van der Waals surface area contributed by atoms with Crippen molar-refractivity contribution in [2.45, 2.75) is 0 Å². The van der Waals surface area contributed by atoms with E-state index < -0.39 is 23.4 Å². The summed E-state index contributed by atoms with van der Waals surface area (Å²) in [5.41, 5.74) is 0. The van der Waals surface area contributed by atoms with E-state index in [1.807, 2.05) is 0 Å². The third kappa shape index (κ3) is 3.60. The molecule has 0 amide bonds. The van der Waals surface area contributed by atoms with Gasteiger partial charge in [0.2, 0.25) is 0 Å². The van der Waals surface area contributed by atoms with Crippen LogP contribution in [0.3, 0.4) is 0 Å². The lowest BCUT2D eigenvalue weighted by molar-refractivity contribution is 0.466. The van der Waals surface area contributed by atoms with E-state index in [1.165, 1.54) is 6.08 Å². The second-order valence-electron chi connectivity index (χ2n) is 2.47. The number of nitrogens with zero attached hydrogens (tertiary/aromatic N) is 1. The highest BCUT2D eigenvalue weighted by molar-refractivity contribution is 6.55. The predicted octanol–water partition coefficient (Wildman–Crippen LogP) is 3.23. The van der Waals surface area contributed by atoms with Crippen molar-refractivity contribution in [3.8, 4) is 0 Å². The Labute approximate surface area is 93.7 Å². The average molecular weight is 257 g/mol. The first-order valence-corrected chi connectivity index (χ1v) is 4.53. The van der Waals surface area contributed by atoms with Crippen LogP contribution in [-0.4, -0.2) is 11.5 Å². The minimum atomic E-state index is -1.38. The second kappa shape index (κ2) is 5.23. The molecule has 0 atom stereocenters. The van der Waals surface area contributed by atoms with Gasteiger partial charge in [0, 0.05) is 12.6 Å². The highest BCUT2D eigenvalue weighted by atomic mass is 35.5. The van der Waals surface area contributed by atoms with Gasteiger partial charge in [-0.05, 0) is 6.08 Å². The molecule has 0 aliphatic carbocycles. The number of hydrogen-bond acceptors (Lipinski definition) is 2. The zero-order valence-corrected chi connectivity index (χ0v) is 8.71. The van der Waals surface area contributed by atoms with Crippen LogP contribution in [0.4, 0.5) is 19.0 Å². The highest BCUT2D eigenvalue weighted by Gasteiger charge is 2.10. The van der Waals surface area contributed by atoms with Crippen molar-refractivity contribution in [1.29, 1.82) is 0 Å². The predicted molar refractivity (Wildman–Crippen MR) is 52.4 cm³/mol. The van der Waals surface area contributed by atoms with E-state index in [0.717, 1.165) is 0 Å². The molecule has 7 heteroatoms. The Balaban J connectivity index is 2.77. The summed E-state index contributed by atoms with van der Waals surface area (Å²) >= 11 is 10.6. The van der Waals surface area contributed by atoms with Gasteiger partial charge in [-0.2, -0.15) is 9.37 Å². The average Bonchev–Trinajstić information content (AvgIpc) is 2.13. The maximum atomic E-state index is 12.9. The molecule has 0 aliphatic heterocycles. The molecule has 1 rings (SSSR count). The zero-order chi connectivity index (χ0) is 11.4. The van der Waals surface area contributed by atoms with Crippen LogP contribution in [0.5, 0.6) is 0 Å². The van der Waals surface area contributed by atoms with E-state index in [4.69, 9.17) is 23.2 Å². The summed E-state index contributed by atoms with van der Waals surface area (Å²) in [5.74, 6) is -4.11. The lowest BCUT2D eigenvalue weighted by Crippen LogP contribution is -2.06. The van der Waals surface area contributed by atoms with Crippen LogP contribution < -0.4 is 5.32 Å². The maximum Gasteiger partial charge on any atom is 0.251 e. The zero-order valence-electron chi connectivity index (χ0n) is 7.20. The van der Waals surface area contributed by atoms with Crippen LogP contribution in [0.15, 0.2) is 16.6 Å². The quantitative estimate of drug-likeness (QED) is 0.841. The lowest BCUT2D eigenvalue weighted by Gasteiger charge is -2.03. The number of rotatable bonds is 3. The smallest absolute Gasteiger partial charge is 0.251 e. The standard InChI is InChI=1S/C8H5Cl2F3N2/c9-6(10)1-2-14-8-5(12)3-4(11)7(13)15-8/h1,3H,2H2,(H,14,15). The van der Waals surface area contributed by atoms with E-state index in [9.17, 15) is 13.2 Å². The molecule has 82 valence electrons. The Morgan fingerprint density at radius 3 is 2.60 bits per heavy atom. The summed E-state index contributed by atoms with van der Waals surface area (Å²) in [6, 6.07) is 0.399. The minimum Gasteiger partial charge on any atom is -0.364 e. The molecule has 0 bridgehead atoms. The van der Waals surface area contributed by atoms with Gasteiger partial charge < -0.3 is 5.32 Å². The van der Waals surface area contributed by atoms with E-state index in [1.54, 1.807) is 0 Å². The van der Waals surface area contributed by atoms with E-state index >= 15 is 0 Å². The van der Waals surface area contributed by atoms with E-state index in [-0.39, 0.29) is 11.0 Å². The van der Waals surface area contributed by atoms with Gasteiger partial charge in [-0.3, -0.25) is 0 Å². The summed E-state index contributed by atoms with van der Waals surface area (Å²) in [6.07, 6.45) is 1.31. The topological polar surface area (TPSA) is 24.9 Å². The van der Waals surface area contributed by atoms with Crippen LogP contribution in [-0.2, 0) is 0 Å². The molecule has 1 aromatic rings. The molecule has 0 aromatic carbocycles. The van der Waals surface area contributed by atoms with Crippen molar-refractivity contribution in [3.63, 3.8) is 0 Å². The molecule has 2 nitrogen and oxygen atoms in total. The second-order valence-corrected chi connectivity index (χ2v) is 3.47. The molecule has 0 fully saturated rings. The summed E-state index contributed by atoms with van der Waals surface area (Å²) < 4.78 is 37.9. The van der Waals surface area contributed by atoms with Crippen molar-refractivity contribution < 1.29 is 13.2 Å². The Morgan fingerprint density at radius 2 is 2.00 bits per heavy atom. The molecule has 1 N–H and O–H groups in total. The Morgan fingerprint density at radius 1 is 1.33 bits per heavy atom. The van der Waals surface area contributed by atoms with Gasteiger partial charge in [-0.15, -0.1) is 0 Å². The third-order valence-electron chi connectivity index (χ3n) is 1.41. The van der Waals surface area contributed by atoms with Gasteiger partial charge >= 0.3 is 0 Å². The lowest BCUT2D eigenvalue weighted by atomic mass is 10.4. The molecule has 15 heavy (non-hydrogen) atoms. The van der Waals surface area contributed by atoms with Gasteiger partial charge in [-0.25, -0.2) is 8.78 Å². The molecule has 0 saturated carbocycles. The monoisotopic (exact) mass is 256 g/mol. The molecule has 0 spiro atoms. The Kier molecular flexibility index (Phi) is 4.23. The number of nitrogens with one attached hydrogen (secondary N) is 1. The van der Waals surface area contributed by atoms with Gasteiger partial charge in [0.15, 0.2) is 17.5 Å². The normalized spacial score (nSPS) is 9.93. The molecule has 0 unspecified atom stereocenters. The minimum absolute atomic E-state index is 0.0227. The number of halogens is 5. The highest BCUT2D eigenvalue weighted by Crippen LogP contribution is 2.14. The molecule has 1 aromatic heterocycles. The Bertz CT molecular complexity index is 392. The van der Waals surface area contributed by atoms with Gasteiger partial charge in [-0.1, -0.05) is 23.2 Å². The van der Waals surface area contributed by atoms with E-state index in [0.29, 0.717) is 6.07 Å². The number of anilines is 1. The first kappa shape index (κ1) is 12.1. The first-order valence-electron chi connectivity index (χ1n) is 3.77. The van der Waals surface area contributed by atoms with Gasteiger partial charge in [0.05, 0.1) is 0 Å². The van der Waals surface area contributed by atoms with Crippen LogP contribution >= 0.6 is 23.2 Å². The fourth-order valence-electron chi connectivity index (χ4n) is 0.793. The summed E-state index contributed by atoms with van der Waals surface area (Å²) in [5, 5.41) is 2.37. The SMILES string of the molecule is Fc1cc(F)c(NCC=C(Cl)Cl)nc1F. The first-order chi connectivity index (χ1) is 7.00. The van der Waals surface area contributed by atoms with Crippen LogP contribution in [0, 0.1) is 17.6 Å². The molecular weight excluding hydrogens is 252 g/mol. The molecule has 1 heterocycles. The summed E-state index contributed by atoms with van der Waals surface area (Å²) in [4.78, 5) is 3.03. The van der Waals surface area contributed by atoms with Gasteiger partial charge in [0.25, 0.3) is 5.95 Å². The third-order valence-corrected chi connectivity index (χ3v) is 1.72. The van der Waals surface area contributed by atoms with Crippen LogP contribution in [0.2, 0.25) is 0 Å².